The number of methoxy groups -OCH3 is 1. The highest BCUT2D eigenvalue weighted by Crippen LogP contribution is 2.29. The van der Waals surface area contributed by atoms with E-state index in [1.807, 2.05) is 50.2 Å². The molecule has 2 aromatic rings. The zero-order valence-corrected chi connectivity index (χ0v) is 15.2. The molecule has 0 radical (unpaired) electrons. The van der Waals surface area contributed by atoms with Gasteiger partial charge in [0.1, 0.15) is 18.2 Å². The summed E-state index contributed by atoms with van der Waals surface area (Å²) < 4.78 is 11.2. The number of ether oxygens (including phenoxy) is 2. The van der Waals surface area contributed by atoms with Crippen molar-refractivity contribution in [1.82, 2.24) is 5.32 Å². The minimum atomic E-state index is -0.397. The molecule has 0 aromatic heterocycles. The van der Waals surface area contributed by atoms with Gasteiger partial charge in [0.15, 0.2) is 11.5 Å². The van der Waals surface area contributed by atoms with Crippen LogP contribution in [0.15, 0.2) is 54.1 Å². The molecule has 26 heavy (non-hydrogen) atoms. The molecule has 0 saturated carbocycles. The van der Waals surface area contributed by atoms with E-state index in [1.54, 1.807) is 25.3 Å². The molecule has 0 aliphatic rings. The second-order valence-electron chi connectivity index (χ2n) is 5.98. The lowest BCUT2D eigenvalue weighted by atomic mass is 10.1. The van der Waals surface area contributed by atoms with E-state index in [0.29, 0.717) is 23.7 Å². The van der Waals surface area contributed by atoms with Gasteiger partial charge in [-0.2, -0.15) is 5.26 Å². The summed E-state index contributed by atoms with van der Waals surface area (Å²) in [6.07, 6.45) is 1.53. The van der Waals surface area contributed by atoms with Crippen LogP contribution >= 0.6 is 0 Å². The molecule has 0 bridgehead atoms. The topological polar surface area (TPSA) is 71.3 Å². The van der Waals surface area contributed by atoms with Crippen molar-refractivity contribution in [2.45, 2.75) is 26.5 Å². The zero-order chi connectivity index (χ0) is 18.9. The Morgan fingerprint density at radius 3 is 2.54 bits per heavy atom. The predicted molar refractivity (Wildman–Crippen MR) is 101 cm³/mol. The lowest BCUT2D eigenvalue weighted by Gasteiger charge is -2.12. The van der Waals surface area contributed by atoms with E-state index in [1.165, 1.54) is 6.08 Å². The Kier molecular flexibility index (Phi) is 6.81. The summed E-state index contributed by atoms with van der Waals surface area (Å²) in [4.78, 5) is 12.0. The third-order valence-electron chi connectivity index (χ3n) is 3.52. The average Bonchev–Trinajstić information content (AvgIpc) is 2.64. The second kappa shape index (κ2) is 9.28. The number of carbonyl (C=O) groups excluding carboxylic acids is 1. The van der Waals surface area contributed by atoms with E-state index < -0.39 is 5.91 Å². The molecule has 0 spiro atoms. The van der Waals surface area contributed by atoms with Crippen LogP contribution in [0.1, 0.15) is 25.0 Å². The summed E-state index contributed by atoms with van der Waals surface area (Å²) in [7, 11) is 1.55. The van der Waals surface area contributed by atoms with E-state index in [9.17, 15) is 10.1 Å². The molecule has 0 saturated heterocycles. The first-order chi connectivity index (χ1) is 12.5. The third-order valence-corrected chi connectivity index (χ3v) is 3.52. The molecule has 1 amide bonds. The van der Waals surface area contributed by atoms with Crippen molar-refractivity contribution in [2.24, 2.45) is 0 Å². The van der Waals surface area contributed by atoms with Gasteiger partial charge in [0, 0.05) is 6.04 Å². The normalized spacial score (nSPS) is 11.0. The fourth-order valence-corrected chi connectivity index (χ4v) is 2.28. The molecule has 0 aliphatic heterocycles. The van der Waals surface area contributed by atoms with Gasteiger partial charge in [-0.15, -0.1) is 0 Å². The molecular formula is C21H22N2O3. The molecule has 0 aliphatic carbocycles. The molecule has 2 aromatic carbocycles. The minimum absolute atomic E-state index is 0.0393. The number of carbonyl (C=O) groups is 1. The van der Waals surface area contributed by atoms with Gasteiger partial charge in [-0.25, -0.2) is 0 Å². The van der Waals surface area contributed by atoms with Crippen molar-refractivity contribution in [3.63, 3.8) is 0 Å². The van der Waals surface area contributed by atoms with E-state index in [2.05, 4.69) is 5.32 Å². The fourth-order valence-electron chi connectivity index (χ4n) is 2.28. The van der Waals surface area contributed by atoms with Crippen LogP contribution in [0.2, 0.25) is 0 Å². The standard InChI is InChI=1S/C21H22N2O3/c1-15(2)23-21(24)18(13-22)11-17-9-10-19(20(12-17)25-3)26-14-16-7-5-4-6-8-16/h4-12,15H,14H2,1-3H3,(H,23,24)/b18-11+. The number of nitrogens with zero attached hydrogens (tertiary/aromatic N) is 1. The summed E-state index contributed by atoms with van der Waals surface area (Å²) in [6, 6.07) is 17.0. The third kappa shape index (κ3) is 5.38. The van der Waals surface area contributed by atoms with Gasteiger partial charge < -0.3 is 14.8 Å². The lowest BCUT2D eigenvalue weighted by Crippen LogP contribution is -2.30. The fraction of sp³-hybridized carbons (Fsp3) is 0.238. The highest BCUT2D eigenvalue weighted by Gasteiger charge is 2.11. The molecule has 0 fully saturated rings. The smallest absolute Gasteiger partial charge is 0.262 e. The molecular weight excluding hydrogens is 328 g/mol. The molecule has 0 atom stereocenters. The Hall–Kier alpha value is -3.26. The number of hydrogen-bond donors (Lipinski definition) is 1. The molecule has 5 nitrogen and oxygen atoms in total. The number of amides is 1. The summed E-state index contributed by atoms with van der Waals surface area (Å²) in [5.74, 6) is 0.737. The Labute approximate surface area is 153 Å². The van der Waals surface area contributed by atoms with Crippen LogP contribution in [-0.2, 0) is 11.4 Å². The quantitative estimate of drug-likeness (QED) is 0.610. The Bertz CT molecular complexity index is 821. The predicted octanol–water partition coefficient (Wildman–Crippen LogP) is 3.71. The first kappa shape index (κ1) is 19.1. The van der Waals surface area contributed by atoms with E-state index in [0.717, 1.165) is 5.56 Å². The Morgan fingerprint density at radius 1 is 1.19 bits per heavy atom. The van der Waals surface area contributed by atoms with Gasteiger partial charge >= 0.3 is 0 Å². The van der Waals surface area contributed by atoms with Crippen molar-refractivity contribution >= 4 is 12.0 Å². The van der Waals surface area contributed by atoms with Crippen LogP contribution in [0.4, 0.5) is 0 Å². The van der Waals surface area contributed by atoms with Gasteiger partial charge in [0.2, 0.25) is 0 Å². The van der Waals surface area contributed by atoms with Gasteiger partial charge in [-0.1, -0.05) is 36.4 Å². The zero-order valence-electron chi connectivity index (χ0n) is 15.2. The van der Waals surface area contributed by atoms with Crippen LogP contribution in [0.5, 0.6) is 11.5 Å². The summed E-state index contributed by atoms with van der Waals surface area (Å²) >= 11 is 0. The number of benzene rings is 2. The van der Waals surface area contributed by atoms with Gasteiger partial charge in [0.05, 0.1) is 7.11 Å². The first-order valence-corrected chi connectivity index (χ1v) is 8.31. The van der Waals surface area contributed by atoms with Crippen molar-refractivity contribution in [3.8, 4) is 17.6 Å². The van der Waals surface area contributed by atoms with Crippen LogP contribution in [0, 0.1) is 11.3 Å². The summed E-state index contributed by atoms with van der Waals surface area (Å²) in [6.45, 7) is 4.11. The minimum Gasteiger partial charge on any atom is -0.493 e. The van der Waals surface area contributed by atoms with Gasteiger partial charge in [0.25, 0.3) is 5.91 Å². The van der Waals surface area contributed by atoms with Crippen molar-refractivity contribution in [2.75, 3.05) is 7.11 Å². The van der Waals surface area contributed by atoms with Crippen molar-refractivity contribution < 1.29 is 14.3 Å². The summed E-state index contributed by atoms with van der Waals surface area (Å²) in [5.41, 5.74) is 1.78. The lowest BCUT2D eigenvalue weighted by molar-refractivity contribution is -0.117. The van der Waals surface area contributed by atoms with Crippen LogP contribution in [0.3, 0.4) is 0 Å². The van der Waals surface area contributed by atoms with E-state index >= 15 is 0 Å². The average molecular weight is 350 g/mol. The van der Waals surface area contributed by atoms with Gasteiger partial charge in [-0.05, 0) is 43.2 Å². The molecule has 2 rings (SSSR count). The monoisotopic (exact) mass is 350 g/mol. The largest absolute Gasteiger partial charge is 0.493 e. The number of hydrogen-bond acceptors (Lipinski definition) is 4. The van der Waals surface area contributed by atoms with E-state index in [4.69, 9.17) is 9.47 Å². The van der Waals surface area contributed by atoms with Crippen LogP contribution < -0.4 is 14.8 Å². The number of nitrogens with one attached hydrogen (secondary N) is 1. The van der Waals surface area contributed by atoms with Crippen molar-refractivity contribution in [3.05, 3.63) is 65.2 Å². The van der Waals surface area contributed by atoms with Crippen molar-refractivity contribution in [1.29, 1.82) is 5.26 Å². The Balaban J connectivity index is 2.18. The van der Waals surface area contributed by atoms with Crippen LogP contribution in [-0.4, -0.2) is 19.1 Å². The first-order valence-electron chi connectivity index (χ1n) is 8.31. The maximum absolute atomic E-state index is 12.0. The summed E-state index contributed by atoms with van der Waals surface area (Å²) in [5, 5.41) is 11.9. The molecule has 0 unspecified atom stereocenters. The SMILES string of the molecule is COc1cc(/C=C(\C#N)C(=O)NC(C)C)ccc1OCc1ccccc1. The van der Waals surface area contributed by atoms with Gasteiger partial charge in [-0.3, -0.25) is 4.79 Å². The second-order valence-corrected chi connectivity index (χ2v) is 5.98. The van der Waals surface area contributed by atoms with E-state index in [-0.39, 0.29) is 11.6 Å². The number of rotatable bonds is 7. The Morgan fingerprint density at radius 2 is 1.92 bits per heavy atom. The highest BCUT2D eigenvalue weighted by atomic mass is 16.5. The highest BCUT2D eigenvalue weighted by molar-refractivity contribution is 6.01. The number of nitriles is 1. The molecule has 134 valence electrons. The van der Waals surface area contributed by atoms with Crippen LogP contribution in [0.25, 0.3) is 6.08 Å². The maximum atomic E-state index is 12.0. The molecule has 0 heterocycles. The molecule has 5 heteroatoms. The maximum Gasteiger partial charge on any atom is 0.262 e. The molecule has 1 N–H and O–H groups in total.